The number of nitrogens with zero attached hydrogens (tertiary/aromatic N) is 1. The van der Waals surface area contributed by atoms with Crippen LogP contribution >= 0.6 is 0 Å². The van der Waals surface area contributed by atoms with Crippen molar-refractivity contribution in [1.29, 1.82) is 0 Å². The van der Waals surface area contributed by atoms with Crippen molar-refractivity contribution in [1.82, 2.24) is 10.2 Å². The van der Waals surface area contributed by atoms with Crippen molar-refractivity contribution in [3.8, 4) is 11.1 Å². The van der Waals surface area contributed by atoms with Crippen LogP contribution in [0.3, 0.4) is 0 Å². The SMILES string of the molecule is CCC(C)(NC(=O)OCC1c2ccccc2-c2ccccc21)C(=O)N1CCCC1CCC(=O)O. The number of carbonyl (C=O) groups excluding carboxylic acids is 2. The average Bonchev–Trinajstić information content (AvgIpc) is 3.43. The van der Waals surface area contributed by atoms with Gasteiger partial charge in [0.1, 0.15) is 12.1 Å². The van der Waals surface area contributed by atoms with Gasteiger partial charge in [0.05, 0.1) is 0 Å². The van der Waals surface area contributed by atoms with Gasteiger partial charge in [0, 0.05) is 24.9 Å². The van der Waals surface area contributed by atoms with Crippen molar-refractivity contribution in [2.75, 3.05) is 13.2 Å². The van der Waals surface area contributed by atoms with Crippen LogP contribution in [-0.2, 0) is 14.3 Å². The molecule has 7 heteroatoms. The van der Waals surface area contributed by atoms with Crippen LogP contribution in [0.15, 0.2) is 48.5 Å². The zero-order chi connectivity index (χ0) is 24.3. The van der Waals surface area contributed by atoms with Gasteiger partial charge in [0.2, 0.25) is 5.91 Å². The van der Waals surface area contributed by atoms with Gasteiger partial charge in [-0.2, -0.15) is 0 Å². The lowest BCUT2D eigenvalue weighted by atomic mass is 9.96. The fraction of sp³-hybridized carbons (Fsp3) is 0.444. The number of rotatable bonds is 8. The number of aliphatic carboxylic acids is 1. The summed E-state index contributed by atoms with van der Waals surface area (Å²) < 4.78 is 5.66. The number of ether oxygens (including phenoxy) is 1. The topological polar surface area (TPSA) is 95.9 Å². The molecule has 1 aliphatic heterocycles. The quantitative estimate of drug-likeness (QED) is 0.598. The number of benzene rings is 2. The number of hydrogen-bond acceptors (Lipinski definition) is 4. The molecule has 1 heterocycles. The number of hydrogen-bond donors (Lipinski definition) is 2. The van der Waals surface area contributed by atoms with Crippen LogP contribution in [0, 0.1) is 0 Å². The highest BCUT2D eigenvalue weighted by molar-refractivity contribution is 5.90. The first-order valence-corrected chi connectivity index (χ1v) is 12.0. The molecule has 0 bridgehead atoms. The van der Waals surface area contributed by atoms with Gasteiger partial charge < -0.3 is 20.1 Å². The van der Waals surface area contributed by atoms with Gasteiger partial charge in [0.25, 0.3) is 0 Å². The standard InChI is InChI=1S/C27H32N2O5/c1-3-27(2,25(32)29-16-8-9-18(29)14-15-24(30)31)28-26(33)34-17-23-21-12-6-4-10-19(21)20-11-5-7-13-22(20)23/h4-7,10-13,18,23H,3,8-9,14-17H2,1-2H3,(H,28,33)(H,30,31). The molecule has 2 aromatic rings. The second-order valence-corrected chi connectivity index (χ2v) is 9.36. The second kappa shape index (κ2) is 9.87. The van der Waals surface area contributed by atoms with Crippen molar-refractivity contribution in [2.24, 2.45) is 0 Å². The molecule has 1 fully saturated rings. The van der Waals surface area contributed by atoms with Crippen LogP contribution in [0.1, 0.15) is 63.0 Å². The van der Waals surface area contributed by atoms with Gasteiger partial charge in [-0.05, 0) is 54.9 Å². The first-order valence-electron chi connectivity index (χ1n) is 12.0. The van der Waals surface area contributed by atoms with Crippen LogP contribution in [0.25, 0.3) is 11.1 Å². The van der Waals surface area contributed by atoms with E-state index >= 15 is 0 Å². The third-order valence-corrected chi connectivity index (χ3v) is 7.23. The third-order valence-electron chi connectivity index (χ3n) is 7.23. The maximum atomic E-state index is 13.4. The first-order chi connectivity index (χ1) is 16.3. The molecule has 2 aliphatic rings. The Hall–Kier alpha value is -3.35. The maximum Gasteiger partial charge on any atom is 0.408 e. The zero-order valence-electron chi connectivity index (χ0n) is 19.8. The lowest BCUT2D eigenvalue weighted by Crippen LogP contribution is -2.58. The molecular formula is C27H32N2O5. The molecule has 0 spiro atoms. The third kappa shape index (κ3) is 4.65. The zero-order valence-corrected chi connectivity index (χ0v) is 19.8. The Labute approximate surface area is 200 Å². The molecule has 7 nitrogen and oxygen atoms in total. The van der Waals surface area contributed by atoms with Gasteiger partial charge in [-0.15, -0.1) is 0 Å². The summed E-state index contributed by atoms with van der Waals surface area (Å²) in [6.07, 6.45) is 1.84. The van der Waals surface area contributed by atoms with Crippen LogP contribution < -0.4 is 5.32 Å². The van der Waals surface area contributed by atoms with Gasteiger partial charge >= 0.3 is 12.1 Å². The highest BCUT2D eigenvalue weighted by Gasteiger charge is 2.41. The van der Waals surface area contributed by atoms with Crippen molar-refractivity contribution < 1.29 is 24.2 Å². The minimum atomic E-state index is -1.12. The van der Waals surface area contributed by atoms with Crippen LogP contribution in [0.2, 0.25) is 0 Å². The largest absolute Gasteiger partial charge is 0.481 e. The predicted molar refractivity (Wildman–Crippen MR) is 129 cm³/mol. The molecule has 1 saturated heterocycles. The average molecular weight is 465 g/mol. The Morgan fingerprint density at radius 3 is 2.29 bits per heavy atom. The molecule has 0 radical (unpaired) electrons. The van der Waals surface area contributed by atoms with E-state index in [1.807, 2.05) is 31.2 Å². The van der Waals surface area contributed by atoms with E-state index in [0.29, 0.717) is 19.4 Å². The molecule has 0 aromatic heterocycles. The molecule has 2 atom stereocenters. The molecule has 34 heavy (non-hydrogen) atoms. The predicted octanol–water partition coefficient (Wildman–Crippen LogP) is 4.55. The summed E-state index contributed by atoms with van der Waals surface area (Å²) in [4.78, 5) is 38.9. The Morgan fingerprint density at radius 2 is 1.71 bits per heavy atom. The molecule has 2 N–H and O–H groups in total. The van der Waals surface area contributed by atoms with E-state index in [9.17, 15) is 14.4 Å². The van der Waals surface area contributed by atoms with E-state index in [-0.39, 0.29) is 30.9 Å². The fourth-order valence-electron chi connectivity index (χ4n) is 5.16. The lowest BCUT2D eigenvalue weighted by Gasteiger charge is -2.35. The summed E-state index contributed by atoms with van der Waals surface area (Å²) in [6.45, 7) is 4.32. The molecule has 2 aromatic carbocycles. The number of carboxylic acid groups (broad SMARTS) is 1. The Morgan fingerprint density at radius 1 is 1.09 bits per heavy atom. The summed E-state index contributed by atoms with van der Waals surface area (Å²) in [7, 11) is 0. The second-order valence-electron chi connectivity index (χ2n) is 9.36. The summed E-state index contributed by atoms with van der Waals surface area (Å²) in [5.41, 5.74) is 3.45. The number of alkyl carbamates (subject to hydrolysis) is 1. The van der Waals surface area contributed by atoms with E-state index in [1.54, 1.807) is 11.8 Å². The molecule has 2 unspecified atom stereocenters. The number of likely N-dealkylation sites (tertiary alicyclic amines) is 1. The van der Waals surface area contributed by atoms with Crippen molar-refractivity contribution in [3.63, 3.8) is 0 Å². The van der Waals surface area contributed by atoms with Gasteiger partial charge in [-0.1, -0.05) is 55.5 Å². The number of carbonyl (C=O) groups is 3. The van der Waals surface area contributed by atoms with E-state index in [1.165, 1.54) is 0 Å². The molecule has 4 rings (SSSR count). The van der Waals surface area contributed by atoms with E-state index < -0.39 is 17.6 Å². The monoisotopic (exact) mass is 464 g/mol. The molecular weight excluding hydrogens is 432 g/mol. The van der Waals surface area contributed by atoms with Gasteiger partial charge in [-0.25, -0.2) is 4.79 Å². The maximum absolute atomic E-state index is 13.4. The highest BCUT2D eigenvalue weighted by atomic mass is 16.5. The number of amides is 2. The number of nitrogens with one attached hydrogen (secondary N) is 1. The Balaban J connectivity index is 1.42. The number of fused-ring (bicyclic) bond motifs is 3. The lowest BCUT2D eigenvalue weighted by molar-refractivity contribution is -0.141. The van der Waals surface area contributed by atoms with Crippen molar-refractivity contribution in [2.45, 2.75) is 63.5 Å². The summed E-state index contributed by atoms with van der Waals surface area (Å²) in [6, 6.07) is 16.2. The molecule has 180 valence electrons. The minimum absolute atomic E-state index is 0.0249. The highest BCUT2D eigenvalue weighted by Crippen LogP contribution is 2.44. The Kier molecular flexibility index (Phi) is 6.91. The minimum Gasteiger partial charge on any atom is -0.481 e. The number of carboxylic acids is 1. The van der Waals surface area contributed by atoms with Crippen molar-refractivity contribution in [3.05, 3.63) is 59.7 Å². The van der Waals surface area contributed by atoms with E-state index in [4.69, 9.17) is 9.84 Å². The summed E-state index contributed by atoms with van der Waals surface area (Å²) >= 11 is 0. The summed E-state index contributed by atoms with van der Waals surface area (Å²) in [5, 5.41) is 11.8. The first kappa shape index (κ1) is 23.8. The van der Waals surface area contributed by atoms with E-state index in [0.717, 1.165) is 35.1 Å². The Bertz CT molecular complexity index is 1040. The van der Waals surface area contributed by atoms with Crippen LogP contribution in [0.5, 0.6) is 0 Å². The summed E-state index contributed by atoms with van der Waals surface area (Å²) in [5.74, 6) is -1.11. The van der Waals surface area contributed by atoms with E-state index in [2.05, 4.69) is 29.6 Å². The van der Waals surface area contributed by atoms with Crippen LogP contribution in [0.4, 0.5) is 4.79 Å². The molecule has 1 aliphatic carbocycles. The van der Waals surface area contributed by atoms with Crippen LogP contribution in [-0.4, -0.2) is 52.7 Å². The smallest absolute Gasteiger partial charge is 0.408 e. The normalized spacial score (nSPS) is 18.6. The van der Waals surface area contributed by atoms with Crippen molar-refractivity contribution >= 4 is 18.0 Å². The van der Waals surface area contributed by atoms with Gasteiger partial charge in [0.15, 0.2) is 0 Å². The fourth-order valence-corrected chi connectivity index (χ4v) is 5.16. The molecule has 2 amide bonds. The van der Waals surface area contributed by atoms with Gasteiger partial charge in [-0.3, -0.25) is 9.59 Å². The molecule has 0 saturated carbocycles.